The maximum Gasteiger partial charge on any atom is 0.268 e. The van der Waals surface area contributed by atoms with E-state index < -0.39 is 5.56 Å². The van der Waals surface area contributed by atoms with Crippen LogP contribution in [-0.2, 0) is 6.54 Å². The minimum atomic E-state index is -0.646. The van der Waals surface area contributed by atoms with Gasteiger partial charge in [-0.05, 0) is 6.07 Å². The van der Waals surface area contributed by atoms with Gasteiger partial charge in [-0.2, -0.15) is 10.5 Å². The number of nitrogens with zero attached hydrogens (tertiary/aromatic N) is 4. The lowest BCUT2D eigenvalue weighted by Crippen LogP contribution is -2.16. The molecule has 0 unspecified atom stereocenters. The van der Waals surface area contributed by atoms with Gasteiger partial charge in [-0.1, -0.05) is 18.2 Å². The Morgan fingerprint density at radius 1 is 1.23 bits per heavy atom. The molecule has 0 aliphatic carbocycles. The Labute approximate surface area is 148 Å². The van der Waals surface area contributed by atoms with E-state index >= 15 is 0 Å². The summed E-state index contributed by atoms with van der Waals surface area (Å²) in [4.78, 5) is 18.4. The van der Waals surface area contributed by atoms with Crippen LogP contribution in [0.1, 0.15) is 11.1 Å². The predicted molar refractivity (Wildman–Crippen MR) is 94.1 cm³/mol. The summed E-state index contributed by atoms with van der Waals surface area (Å²) in [6.07, 6.45) is 5.16. The van der Waals surface area contributed by atoms with Crippen molar-refractivity contribution in [1.82, 2.24) is 14.5 Å². The maximum absolute atomic E-state index is 12.1. The van der Waals surface area contributed by atoms with E-state index in [-0.39, 0.29) is 22.5 Å². The zero-order valence-electron chi connectivity index (χ0n) is 13.6. The number of hydrogen-bond acceptors (Lipinski definition) is 6. The minimum Gasteiger partial charge on any atom is -0.491 e. The molecule has 0 radical (unpaired) electrons. The first kappa shape index (κ1) is 16.8. The Hall–Kier alpha value is -4.04. The van der Waals surface area contributed by atoms with Crippen LogP contribution in [0.25, 0.3) is 11.1 Å². The number of aromatic amines is 1. The van der Waals surface area contributed by atoms with Gasteiger partial charge >= 0.3 is 0 Å². The number of imidazole rings is 1. The fourth-order valence-electron chi connectivity index (χ4n) is 2.59. The van der Waals surface area contributed by atoms with Crippen molar-refractivity contribution in [1.29, 1.82) is 10.5 Å². The van der Waals surface area contributed by atoms with Crippen molar-refractivity contribution in [2.75, 3.05) is 12.3 Å². The number of benzene rings is 1. The topological polar surface area (TPSA) is 134 Å². The summed E-state index contributed by atoms with van der Waals surface area (Å²) in [5, 5.41) is 18.8. The van der Waals surface area contributed by atoms with E-state index in [1.54, 1.807) is 36.8 Å². The third kappa shape index (κ3) is 3.12. The number of rotatable bonds is 5. The molecule has 0 spiro atoms. The number of pyridine rings is 1. The summed E-state index contributed by atoms with van der Waals surface area (Å²) < 4.78 is 7.68. The number of nitriles is 2. The fraction of sp³-hybridized carbons (Fsp3) is 0.111. The molecule has 8 heteroatoms. The summed E-state index contributed by atoms with van der Waals surface area (Å²) in [6.45, 7) is 0.915. The molecule has 3 N–H and O–H groups in total. The molecule has 0 atom stereocenters. The van der Waals surface area contributed by atoms with E-state index in [0.717, 1.165) is 0 Å². The Morgan fingerprint density at radius 3 is 2.69 bits per heavy atom. The first-order valence-electron chi connectivity index (χ1n) is 7.69. The third-order valence-electron chi connectivity index (χ3n) is 3.79. The largest absolute Gasteiger partial charge is 0.491 e. The summed E-state index contributed by atoms with van der Waals surface area (Å²) in [5.41, 5.74) is 5.62. The van der Waals surface area contributed by atoms with E-state index in [2.05, 4.69) is 9.97 Å². The molecule has 3 rings (SSSR count). The summed E-state index contributed by atoms with van der Waals surface area (Å²) in [6, 6.07) is 10.7. The molecule has 0 saturated heterocycles. The third-order valence-corrected chi connectivity index (χ3v) is 3.79. The molecule has 0 aliphatic rings. The Bertz CT molecular complexity index is 1070. The van der Waals surface area contributed by atoms with Crippen LogP contribution in [0.2, 0.25) is 0 Å². The molecule has 0 saturated carbocycles. The standard InChI is InChI=1S/C18H14N6O2/c19-9-13-16(14(10-20)18(25)23-17(13)21)12-3-1-2-4-15(12)26-8-7-24-6-5-22-11-24/h1-6,11H,7-8H2,(H3,21,23,25). The molecular weight excluding hydrogens is 332 g/mol. The highest BCUT2D eigenvalue weighted by Crippen LogP contribution is 2.34. The number of anilines is 1. The molecule has 0 fully saturated rings. The minimum absolute atomic E-state index is 0.0341. The molecule has 2 aromatic heterocycles. The average molecular weight is 346 g/mol. The average Bonchev–Trinajstić information content (AvgIpc) is 3.15. The van der Waals surface area contributed by atoms with Gasteiger partial charge in [0.15, 0.2) is 0 Å². The SMILES string of the molecule is N#Cc1c(N)[nH]c(=O)c(C#N)c1-c1ccccc1OCCn1ccnc1. The van der Waals surface area contributed by atoms with Gasteiger partial charge in [-0.15, -0.1) is 0 Å². The summed E-state index contributed by atoms with van der Waals surface area (Å²) in [5.74, 6) is 0.366. The van der Waals surface area contributed by atoms with Crippen LogP contribution >= 0.6 is 0 Å². The molecule has 3 aromatic rings. The van der Waals surface area contributed by atoms with E-state index in [1.807, 2.05) is 22.9 Å². The van der Waals surface area contributed by atoms with E-state index in [9.17, 15) is 15.3 Å². The lowest BCUT2D eigenvalue weighted by molar-refractivity contribution is 0.299. The highest BCUT2D eigenvalue weighted by Gasteiger charge is 2.20. The van der Waals surface area contributed by atoms with Crippen LogP contribution < -0.4 is 16.0 Å². The second-order valence-electron chi connectivity index (χ2n) is 5.36. The van der Waals surface area contributed by atoms with E-state index in [0.29, 0.717) is 24.5 Å². The smallest absolute Gasteiger partial charge is 0.268 e. The number of ether oxygens (including phenoxy) is 1. The quantitative estimate of drug-likeness (QED) is 0.721. The van der Waals surface area contributed by atoms with Crippen molar-refractivity contribution in [3.8, 4) is 29.0 Å². The van der Waals surface area contributed by atoms with Gasteiger partial charge in [0.25, 0.3) is 5.56 Å². The van der Waals surface area contributed by atoms with Gasteiger partial charge in [-0.3, -0.25) is 4.79 Å². The van der Waals surface area contributed by atoms with E-state index in [1.165, 1.54) is 0 Å². The van der Waals surface area contributed by atoms with E-state index in [4.69, 9.17) is 10.5 Å². The number of para-hydroxylation sites is 1. The molecular formula is C18H14N6O2. The van der Waals surface area contributed by atoms with Crippen LogP contribution in [0.5, 0.6) is 5.75 Å². The Morgan fingerprint density at radius 2 is 2.00 bits per heavy atom. The predicted octanol–water partition coefficient (Wildman–Crippen LogP) is 1.64. The molecule has 1 aromatic carbocycles. The number of H-pyrrole nitrogens is 1. The first-order chi connectivity index (χ1) is 12.7. The van der Waals surface area contributed by atoms with Gasteiger partial charge < -0.3 is 20.0 Å². The number of nitrogen functional groups attached to an aromatic ring is 1. The number of nitrogens with one attached hydrogen (secondary N) is 1. The molecule has 2 heterocycles. The summed E-state index contributed by atoms with van der Waals surface area (Å²) >= 11 is 0. The Balaban J connectivity index is 2.04. The van der Waals surface area contributed by atoms with Gasteiger partial charge in [-0.25, -0.2) is 4.98 Å². The van der Waals surface area contributed by atoms with Crippen LogP contribution in [0.3, 0.4) is 0 Å². The zero-order valence-corrected chi connectivity index (χ0v) is 13.6. The van der Waals surface area contributed by atoms with Crippen LogP contribution in [-0.4, -0.2) is 21.1 Å². The van der Waals surface area contributed by atoms with Crippen LogP contribution in [0, 0.1) is 22.7 Å². The second kappa shape index (κ2) is 7.24. The molecule has 0 amide bonds. The molecule has 128 valence electrons. The molecule has 0 bridgehead atoms. The Kier molecular flexibility index (Phi) is 4.68. The number of nitrogens with two attached hydrogens (primary N) is 1. The normalized spacial score (nSPS) is 10.1. The van der Waals surface area contributed by atoms with Gasteiger partial charge in [0.2, 0.25) is 0 Å². The maximum atomic E-state index is 12.1. The highest BCUT2D eigenvalue weighted by molar-refractivity contribution is 5.83. The lowest BCUT2D eigenvalue weighted by Gasteiger charge is -2.14. The van der Waals surface area contributed by atoms with Crippen LogP contribution in [0.4, 0.5) is 5.82 Å². The van der Waals surface area contributed by atoms with Gasteiger partial charge in [0, 0.05) is 23.5 Å². The highest BCUT2D eigenvalue weighted by atomic mass is 16.5. The van der Waals surface area contributed by atoms with Crippen molar-refractivity contribution in [2.24, 2.45) is 0 Å². The van der Waals surface area contributed by atoms with Crippen molar-refractivity contribution in [3.05, 3.63) is 64.5 Å². The van der Waals surface area contributed by atoms with Crippen LogP contribution in [0.15, 0.2) is 47.8 Å². The first-order valence-corrected chi connectivity index (χ1v) is 7.69. The van der Waals surface area contributed by atoms with Crippen molar-refractivity contribution < 1.29 is 4.74 Å². The van der Waals surface area contributed by atoms with Gasteiger partial charge in [0.1, 0.15) is 41.4 Å². The lowest BCUT2D eigenvalue weighted by atomic mass is 9.96. The van der Waals surface area contributed by atoms with Crippen molar-refractivity contribution >= 4 is 5.82 Å². The number of hydrogen-bond donors (Lipinski definition) is 2. The monoisotopic (exact) mass is 346 g/mol. The molecule has 26 heavy (non-hydrogen) atoms. The number of aromatic nitrogens is 3. The van der Waals surface area contributed by atoms with Gasteiger partial charge in [0.05, 0.1) is 12.9 Å². The zero-order chi connectivity index (χ0) is 18.5. The fourth-order valence-corrected chi connectivity index (χ4v) is 2.59. The second-order valence-corrected chi connectivity index (χ2v) is 5.36. The van der Waals surface area contributed by atoms with Crippen molar-refractivity contribution in [3.63, 3.8) is 0 Å². The van der Waals surface area contributed by atoms with Crippen molar-refractivity contribution in [2.45, 2.75) is 6.54 Å². The summed E-state index contributed by atoms with van der Waals surface area (Å²) in [7, 11) is 0. The molecule has 8 nitrogen and oxygen atoms in total. The molecule has 0 aliphatic heterocycles.